The van der Waals surface area contributed by atoms with E-state index in [4.69, 9.17) is 0 Å². The van der Waals surface area contributed by atoms with Crippen molar-refractivity contribution < 1.29 is 4.79 Å². The summed E-state index contributed by atoms with van der Waals surface area (Å²) >= 11 is 1.66. The molecule has 1 aliphatic rings. The molecule has 1 amide bonds. The number of rotatable bonds is 4. The van der Waals surface area contributed by atoms with Gasteiger partial charge in [0.25, 0.3) is 0 Å². The van der Waals surface area contributed by atoms with Crippen LogP contribution in [0.1, 0.15) is 17.8 Å². The molecule has 0 unspecified atom stereocenters. The molecule has 5 rings (SSSR count). The van der Waals surface area contributed by atoms with Crippen LogP contribution in [0.15, 0.2) is 43.2 Å². The minimum Gasteiger partial charge on any atom is -0.356 e. The van der Waals surface area contributed by atoms with Gasteiger partial charge in [-0.2, -0.15) is 5.10 Å². The van der Waals surface area contributed by atoms with Crippen molar-refractivity contribution in [1.82, 2.24) is 29.7 Å². The highest BCUT2D eigenvalue weighted by Crippen LogP contribution is 2.27. The Labute approximate surface area is 176 Å². The first-order valence-electron chi connectivity index (χ1n) is 9.76. The van der Waals surface area contributed by atoms with Crippen molar-refractivity contribution in [3.05, 3.63) is 48.3 Å². The molecule has 0 bridgehead atoms. The second-order valence-electron chi connectivity index (χ2n) is 7.24. The maximum atomic E-state index is 12.8. The maximum Gasteiger partial charge on any atom is 0.227 e. The van der Waals surface area contributed by atoms with E-state index in [0.717, 1.165) is 52.7 Å². The molecule has 4 heterocycles. The van der Waals surface area contributed by atoms with Crippen LogP contribution in [-0.2, 0) is 4.79 Å². The largest absolute Gasteiger partial charge is 0.356 e. The molecular formula is C20H20N8OS. The summed E-state index contributed by atoms with van der Waals surface area (Å²) in [5.74, 6) is 1.54. The molecular weight excluding hydrogens is 400 g/mol. The van der Waals surface area contributed by atoms with Crippen molar-refractivity contribution in [2.24, 2.45) is 5.92 Å². The summed E-state index contributed by atoms with van der Waals surface area (Å²) in [5.41, 5.74) is 1.73. The summed E-state index contributed by atoms with van der Waals surface area (Å²) < 4.78 is 2.74. The van der Waals surface area contributed by atoms with Crippen LogP contribution in [0.2, 0.25) is 0 Å². The fraction of sp³-hybridized carbons (Fsp3) is 0.300. The summed E-state index contributed by atoms with van der Waals surface area (Å²) in [7, 11) is 0. The highest BCUT2D eigenvalue weighted by molar-refractivity contribution is 7.18. The van der Waals surface area contributed by atoms with Gasteiger partial charge in [0, 0.05) is 30.8 Å². The molecule has 0 spiro atoms. The van der Waals surface area contributed by atoms with E-state index in [1.807, 2.05) is 31.2 Å². The summed E-state index contributed by atoms with van der Waals surface area (Å²) in [6.45, 7) is 3.51. The fourth-order valence-electron chi connectivity index (χ4n) is 3.70. The lowest BCUT2D eigenvalue weighted by molar-refractivity contribution is -0.120. The summed E-state index contributed by atoms with van der Waals surface area (Å²) in [6, 6.07) is 7.79. The first-order chi connectivity index (χ1) is 14.7. The van der Waals surface area contributed by atoms with E-state index in [2.05, 4.69) is 35.3 Å². The summed E-state index contributed by atoms with van der Waals surface area (Å²) in [4.78, 5) is 32.0. The van der Waals surface area contributed by atoms with Crippen molar-refractivity contribution in [3.63, 3.8) is 0 Å². The molecule has 4 aromatic rings. The molecule has 0 atom stereocenters. The van der Waals surface area contributed by atoms with Gasteiger partial charge in [-0.15, -0.1) is 11.3 Å². The molecule has 30 heavy (non-hydrogen) atoms. The summed E-state index contributed by atoms with van der Waals surface area (Å²) in [5, 5.41) is 8.19. The first kappa shape index (κ1) is 18.6. The Morgan fingerprint density at radius 3 is 2.77 bits per heavy atom. The SMILES string of the molecule is Cc1nc2cc(NC(=O)C3CCN(c4cc(-n5cncn5)ncn4)CC3)ccc2s1. The van der Waals surface area contributed by atoms with Crippen molar-refractivity contribution in [3.8, 4) is 5.82 Å². The molecule has 0 aliphatic carbocycles. The highest BCUT2D eigenvalue weighted by Gasteiger charge is 2.26. The van der Waals surface area contributed by atoms with E-state index in [0.29, 0.717) is 5.82 Å². The van der Waals surface area contributed by atoms with Gasteiger partial charge in [0.15, 0.2) is 5.82 Å². The van der Waals surface area contributed by atoms with Crippen LogP contribution in [0.25, 0.3) is 16.0 Å². The molecule has 10 heteroatoms. The van der Waals surface area contributed by atoms with Gasteiger partial charge in [0.2, 0.25) is 5.91 Å². The zero-order chi connectivity index (χ0) is 20.5. The maximum absolute atomic E-state index is 12.8. The van der Waals surface area contributed by atoms with Crippen molar-refractivity contribution in [1.29, 1.82) is 0 Å². The van der Waals surface area contributed by atoms with E-state index < -0.39 is 0 Å². The number of hydrogen-bond acceptors (Lipinski definition) is 8. The number of fused-ring (bicyclic) bond motifs is 1. The van der Waals surface area contributed by atoms with Gasteiger partial charge in [-0.25, -0.2) is 24.6 Å². The monoisotopic (exact) mass is 420 g/mol. The minimum atomic E-state index is -0.0225. The Balaban J connectivity index is 1.22. The number of hydrogen-bond donors (Lipinski definition) is 1. The molecule has 152 valence electrons. The van der Waals surface area contributed by atoms with Crippen LogP contribution in [0, 0.1) is 12.8 Å². The number of carbonyl (C=O) groups excluding carboxylic acids is 1. The Hall–Kier alpha value is -3.40. The quantitative estimate of drug-likeness (QED) is 0.542. The molecule has 0 radical (unpaired) electrons. The number of amides is 1. The predicted molar refractivity (Wildman–Crippen MR) is 115 cm³/mol. The van der Waals surface area contributed by atoms with Gasteiger partial charge in [-0.1, -0.05) is 0 Å². The fourth-order valence-corrected chi connectivity index (χ4v) is 4.50. The number of benzene rings is 1. The Kier molecular flexibility index (Phi) is 4.83. The van der Waals surface area contributed by atoms with Gasteiger partial charge >= 0.3 is 0 Å². The molecule has 1 aromatic carbocycles. The lowest BCUT2D eigenvalue weighted by Crippen LogP contribution is -2.38. The third-order valence-electron chi connectivity index (χ3n) is 5.24. The zero-order valence-electron chi connectivity index (χ0n) is 16.4. The Morgan fingerprint density at radius 1 is 1.13 bits per heavy atom. The van der Waals surface area contributed by atoms with Gasteiger partial charge in [-0.05, 0) is 38.0 Å². The lowest BCUT2D eigenvalue weighted by atomic mass is 9.96. The average molecular weight is 421 g/mol. The number of aromatic nitrogens is 6. The molecule has 0 saturated carbocycles. The van der Waals surface area contributed by atoms with Crippen molar-refractivity contribution in [2.75, 3.05) is 23.3 Å². The number of thiazole rings is 1. The third-order valence-corrected chi connectivity index (χ3v) is 6.20. The molecule has 1 fully saturated rings. The van der Waals surface area contributed by atoms with E-state index in [9.17, 15) is 4.79 Å². The highest BCUT2D eigenvalue weighted by atomic mass is 32.1. The van der Waals surface area contributed by atoms with Gasteiger partial charge in [0.05, 0.1) is 15.2 Å². The van der Waals surface area contributed by atoms with E-state index in [-0.39, 0.29) is 11.8 Å². The Bertz CT molecular complexity index is 1180. The van der Waals surface area contributed by atoms with E-state index in [1.165, 1.54) is 12.7 Å². The van der Waals surface area contributed by atoms with Crippen molar-refractivity contribution in [2.45, 2.75) is 19.8 Å². The predicted octanol–water partition coefficient (Wildman–Crippen LogP) is 2.83. The van der Waals surface area contributed by atoms with Crippen LogP contribution < -0.4 is 10.2 Å². The molecule has 9 nitrogen and oxygen atoms in total. The topological polar surface area (TPSA) is 102 Å². The molecule has 3 aromatic heterocycles. The number of aryl methyl sites for hydroxylation is 1. The molecule has 1 N–H and O–H groups in total. The molecule has 1 aliphatic heterocycles. The average Bonchev–Trinajstić information content (AvgIpc) is 3.43. The second-order valence-corrected chi connectivity index (χ2v) is 8.48. The number of anilines is 2. The standard InChI is InChI=1S/C20H20N8OS/c1-13-25-16-8-15(2-3-17(16)30-13)26-20(29)14-4-6-27(7-5-14)18-9-19(23-11-22-18)28-12-21-10-24-28/h2-3,8-12,14H,4-7H2,1H3,(H,26,29). The lowest BCUT2D eigenvalue weighted by Gasteiger charge is -2.32. The Morgan fingerprint density at radius 2 is 1.97 bits per heavy atom. The second kappa shape index (κ2) is 7.79. The van der Waals surface area contributed by atoms with E-state index >= 15 is 0 Å². The van der Waals surface area contributed by atoms with Crippen LogP contribution in [0.4, 0.5) is 11.5 Å². The van der Waals surface area contributed by atoms with Crippen LogP contribution in [-0.4, -0.2) is 48.7 Å². The summed E-state index contributed by atoms with van der Waals surface area (Å²) in [6.07, 6.45) is 6.15. The van der Waals surface area contributed by atoms with Gasteiger partial charge in [-0.3, -0.25) is 4.79 Å². The third kappa shape index (κ3) is 3.73. The number of nitrogens with one attached hydrogen (secondary N) is 1. The van der Waals surface area contributed by atoms with Crippen molar-refractivity contribution >= 4 is 39.0 Å². The zero-order valence-corrected chi connectivity index (χ0v) is 17.2. The van der Waals surface area contributed by atoms with E-state index in [1.54, 1.807) is 22.3 Å². The van der Waals surface area contributed by atoms with Crippen LogP contribution in [0.3, 0.4) is 0 Å². The van der Waals surface area contributed by atoms with Crippen LogP contribution in [0.5, 0.6) is 0 Å². The minimum absolute atomic E-state index is 0.0225. The van der Waals surface area contributed by atoms with Crippen LogP contribution >= 0.6 is 11.3 Å². The van der Waals surface area contributed by atoms with Gasteiger partial charge < -0.3 is 10.2 Å². The van der Waals surface area contributed by atoms with Gasteiger partial charge in [0.1, 0.15) is 24.8 Å². The molecule has 1 saturated heterocycles. The normalized spacial score (nSPS) is 14.9. The first-order valence-corrected chi connectivity index (χ1v) is 10.6. The number of nitrogens with zero attached hydrogens (tertiary/aromatic N) is 7. The smallest absolute Gasteiger partial charge is 0.227 e. The number of carbonyl (C=O) groups is 1. The number of piperidine rings is 1.